The quantitative estimate of drug-likeness (QED) is 0.315. The average molecular weight is 466 g/mol. The van der Waals surface area contributed by atoms with Gasteiger partial charge in [0.25, 0.3) is 0 Å². The molecule has 1 unspecified atom stereocenters. The van der Waals surface area contributed by atoms with E-state index in [1.807, 2.05) is 36.4 Å². The number of nitrogens with zero attached hydrogens (tertiary/aromatic N) is 3. The van der Waals surface area contributed by atoms with Crippen molar-refractivity contribution in [3.8, 4) is 11.3 Å². The van der Waals surface area contributed by atoms with Crippen LogP contribution in [0, 0.1) is 0 Å². The van der Waals surface area contributed by atoms with E-state index in [1.54, 1.807) is 48.5 Å². The molecule has 0 aliphatic carbocycles. The number of para-hydroxylation sites is 1. The number of hydrogen-bond acceptors (Lipinski definition) is 6. The van der Waals surface area contributed by atoms with Crippen molar-refractivity contribution in [2.24, 2.45) is 0 Å². The fourth-order valence-electron chi connectivity index (χ4n) is 4.41. The summed E-state index contributed by atoms with van der Waals surface area (Å²) in [5.74, 6) is -0.917. The molecule has 5 rings (SSSR count). The van der Waals surface area contributed by atoms with Gasteiger partial charge in [-0.25, -0.2) is 9.78 Å². The largest absolute Gasteiger partial charge is 0.451 e. The van der Waals surface area contributed by atoms with Crippen LogP contribution in [0.2, 0.25) is 0 Å². The molecule has 7 heteroatoms. The van der Waals surface area contributed by atoms with Crippen LogP contribution in [0.3, 0.4) is 0 Å². The van der Waals surface area contributed by atoms with Crippen LogP contribution >= 0.6 is 0 Å². The summed E-state index contributed by atoms with van der Waals surface area (Å²) in [7, 11) is 0. The van der Waals surface area contributed by atoms with Gasteiger partial charge in [0.1, 0.15) is 0 Å². The predicted molar refractivity (Wildman–Crippen MR) is 132 cm³/mol. The number of Topliss-reactive ketones (excluding diaryl/α,β-unsaturated/α-hetero) is 1. The van der Waals surface area contributed by atoms with E-state index < -0.39 is 12.1 Å². The Kier molecular flexibility index (Phi) is 5.82. The Morgan fingerprint density at radius 3 is 2.54 bits per heavy atom. The van der Waals surface area contributed by atoms with Crippen molar-refractivity contribution in [2.45, 2.75) is 26.4 Å². The number of carbonyl (C=O) groups is 3. The Labute approximate surface area is 202 Å². The van der Waals surface area contributed by atoms with E-state index in [9.17, 15) is 14.4 Å². The van der Waals surface area contributed by atoms with Crippen LogP contribution in [0.15, 0.2) is 73.1 Å². The zero-order valence-corrected chi connectivity index (χ0v) is 19.4. The second kappa shape index (κ2) is 9.10. The van der Waals surface area contributed by atoms with Gasteiger partial charge in [-0.05, 0) is 61.4 Å². The number of amides is 1. The number of ketones is 1. The van der Waals surface area contributed by atoms with Crippen LogP contribution in [-0.4, -0.2) is 40.3 Å². The van der Waals surface area contributed by atoms with Crippen molar-refractivity contribution in [3.63, 3.8) is 0 Å². The van der Waals surface area contributed by atoms with Crippen LogP contribution in [0.5, 0.6) is 0 Å². The van der Waals surface area contributed by atoms with Crippen LogP contribution in [-0.2, 0) is 16.0 Å². The van der Waals surface area contributed by atoms with Crippen molar-refractivity contribution in [3.05, 3.63) is 89.7 Å². The summed E-state index contributed by atoms with van der Waals surface area (Å²) in [5.41, 5.74) is 4.64. The topological polar surface area (TPSA) is 89.5 Å². The lowest BCUT2D eigenvalue weighted by Gasteiger charge is -2.16. The van der Waals surface area contributed by atoms with Crippen molar-refractivity contribution in [1.82, 2.24) is 9.97 Å². The van der Waals surface area contributed by atoms with Gasteiger partial charge in [0, 0.05) is 48.1 Å². The number of rotatable bonds is 5. The van der Waals surface area contributed by atoms with E-state index in [-0.39, 0.29) is 11.7 Å². The number of benzene rings is 2. The fraction of sp³-hybridized carbons (Fsp3) is 0.179. The summed E-state index contributed by atoms with van der Waals surface area (Å²) in [6, 6.07) is 17.9. The highest BCUT2D eigenvalue weighted by atomic mass is 16.5. The number of ether oxygens (including phenoxy) is 1. The molecule has 1 aliphatic rings. The second-order valence-corrected chi connectivity index (χ2v) is 8.48. The van der Waals surface area contributed by atoms with Crippen LogP contribution in [0.1, 0.15) is 40.1 Å². The molecule has 4 aromatic rings. The molecular formula is C28H23N3O4. The Morgan fingerprint density at radius 1 is 1.00 bits per heavy atom. The summed E-state index contributed by atoms with van der Waals surface area (Å²) in [5, 5.41) is 0.650. The third kappa shape index (κ3) is 4.28. The third-order valence-electron chi connectivity index (χ3n) is 6.20. The van der Waals surface area contributed by atoms with Gasteiger partial charge in [0.05, 0.1) is 16.8 Å². The molecule has 174 valence electrons. The number of anilines is 1. The second-order valence-electron chi connectivity index (χ2n) is 8.48. The molecule has 7 nitrogen and oxygen atoms in total. The minimum atomic E-state index is -0.984. The van der Waals surface area contributed by atoms with Crippen LogP contribution < -0.4 is 4.90 Å². The summed E-state index contributed by atoms with van der Waals surface area (Å²) in [6.07, 6.45) is 3.03. The van der Waals surface area contributed by atoms with Gasteiger partial charge in [-0.2, -0.15) is 0 Å². The number of pyridine rings is 2. The molecule has 35 heavy (non-hydrogen) atoms. The van der Waals surface area contributed by atoms with E-state index in [0.29, 0.717) is 40.7 Å². The Bertz CT molecular complexity index is 1470. The molecule has 0 saturated carbocycles. The predicted octanol–water partition coefficient (Wildman–Crippen LogP) is 4.63. The molecule has 2 aromatic heterocycles. The molecule has 2 aromatic carbocycles. The molecule has 0 saturated heterocycles. The lowest BCUT2D eigenvalue weighted by Crippen LogP contribution is -2.26. The smallest absolute Gasteiger partial charge is 0.339 e. The van der Waals surface area contributed by atoms with E-state index in [4.69, 9.17) is 4.74 Å². The fourth-order valence-corrected chi connectivity index (χ4v) is 4.41. The molecule has 0 radical (unpaired) electrons. The lowest BCUT2D eigenvalue weighted by atomic mass is 10.0. The van der Waals surface area contributed by atoms with Crippen molar-refractivity contribution in [1.29, 1.82) is 0 Å². The zero-order chi connectivity index (χ0) is 24.5. The number of aromatic nitrogens is 2. The van der Waals surface area contributed by atoms with Crippen LogP contribution in [0.25, 0.3) is 22.2 Å². The highest BCUT2D eigenvalue weighted by Crippen LogP contribution is 2.30. The molecule has 3 heterocycles. The van der Waals surface area contributed by atoms with Gasteiger partial charge in [-0.3, -0.25) is 14.6 Å². The molecule has 0 fully saturated rings. The monoisotopic (exact) mass is 465 g/mol. The molecule has 1 amide bonds. The standard InChI is InChI=1S/C28H23N3O4/c1-17(27(33)21-7-8-26-20(15-21)11-14-31(26)18(2)32)35-28(34)23-16-25(19-9-12-29-13-10-19)30-24-6-4-3-5-22(23)24/h3-10,12-13,15-17H,11,14H2,1-2H3. The van der Waals surface area contributed by atoms with E-state index >= 15 is 0 Å². The van der Waals surface area contributed by atoms with Gasteiger partial charge in [-0.1, -0.05) is 18.2 Å². The van der Waals surface area contributed by atoms with Crippen molar-refractivity contribution < 1.29 is 19.1 Å². The van der Waals surface area contributed by atoms with E-state index in [2.05, 4.69) is 9.97 Å². The zero-order valence-electron chi connectivity index (χ0n) is 19.4. The molecule has 0 spiro atoms. The first-order valence-corrected chi connectivity index (χ1v) is 11.4. The maximum absolute atomic E-state index is 13.2. The summed E-state index contributed by atoms with van der Waals surface area (Å²) in [4.78, 5) is 48.5. The first kappa shape index (κ1) is 22.4. The SMILES string of the molecule is CC(=O)N1CCc2cc(C(=O)C(C)OC(=O)c3cc(-c4ccncc4)nc4ccccc34)ccc21. The summed E-state index contributed by atoms with van der Waals surface area (Å²) >= 11 is 0. The Hall–Kier alpha value is -4.39. The van der Waals surface area contributed by atoms with Crippen molar-refractivity contribution in [2.75, 3.05) is 11.4 Å². The minimum Gasteiger partial charge on any atom is -0.451 e. The minimum absolute atomic E-state index is 0.0270. The lowest BCUT2D eigenvalue weighted by molar-refractivity contribution is -0.116. The summed E-state index contributed by atoms with van der Waals surface area (Å²) in [6.45, 7) is 3.70. The number of carbonyl (C=O) groups excluding carboxylic acids is 3. The molecule has 0 N–H and O–H groups in total. The Balaban J connectivity index is 1.41. The first-order valence-electron chi connectivity index (χ1n) is 11.4. The average Bonchev–Trinajstić information content (AvgIpc) is 3.31. The van der Waals surface area contributed by atoms with Gasteiger partial charge < -0.3 is 9.64 Å². The van der Waals surface area contributed by atoms with Gasteiger partial charge in [-0.15, -0.1) is 0 Å². The van der Waals surface area contributed by atoms with Crippen molar-refractivity contribution >= 4 is 34.3 Å². The molecule has 1 atom stereocenters. The number of fused-ring (bicyclic) bond motifs is 2. The highest BCUT2D eigenvalue weighted by Gasteiger charge is 2.26. The molecule has 0 bridgehead atoms. The van der Waals surface area contributed by atoms with E-state index in [0.717, 1.165) is 16.8 Å². The Morgan fingerprint density at radius 2 is 1.77 bits per heavy atom. The van der Waals surface area contributed by atoms with E-state index in [1.165, 1.54) is 6.92 Å². The molecule has 1 aliphatic heterocycles. The molecular weight excluding hydrogens is 442 g/mol. The highest BCUT2D eigenvalue weighted by molar-refractivity contribution is 6.07. The first-order chi connectivity index (χ1) is 16.9. The van der Waals surface area contributed by atoms with Crippen LogP contribution in [0.4, 0.5) is 5.69 Å². The van der Waals surface area contributed by atoms with Gasteiger partial charge >= 0.3 is 5.97 Å². The van der Waals surface area contributed by atoms with Gasteiger partial charge in [0.2, 0.25) is 11.7 Å². The number of esters is 1. The maximum atomic E-state index is 13.2. The third-order valence-corrected chi connectivity index (χ3v) is 6.20. The maximum Gasteiger partial charge on any atom is 0.339 e. The number of hydrogen-bond donors (Lipinski definition) is 0. The summed E-state index contributed by atoms with van der Waals surface area (Å²) < 4.78 is 5.64. The van der Waals surface area contributed by atoms with Gasteiger partial charge in [0.15, 0.2) is 6.10 Å². The normalized spacial score (nSPS) is 13.4.